The number of nitrogens with one attached hydrogen (secondary N) is 3. The zero-order chi connectivity index (χ0) is 22.9. The smallest absolute Gasteiger partial charge is 0.243 e. The number of amides is 4. The zero-order valence-corrected chi connectivity index (χ0v) is 18.2. The molecule has 8 N–H and O–H groups in total. The highest BCUT2D eigenvalue weighted by Gasteiger charge is 2.36. The summed E-state index contributed by atoms with van der Waals surface area (Å²) in [6, 6.07) is -3.11. The van der Waals surface area contributed by atoms with Gasteiger partial charge in [0.05, 0.1) is 5.60 Å². The molecule has 0 saturated heterocycles. The Hall–Kier alpha value is -2.20. The van der Waals surface area contributed by atoms with E-state index in [2.05, 4.69) is 16.0 Å². The number of aliphatic hydroxyl groups is 1. The minimum atomic E-state index is -1.57. The van der Waals surface area contributed by atoms with Gasteiger partial charge < -0.3 is 32.5 Å². The van der Waals surface area contributed by atoms with E-state index in [0.717, 1.165) is 32.1 Å². The van der Waals surface area contributed by atoms with Gasteiger partial charge in [0, 0.05) is 6.92 Å². The normalized spacial score (nSPS) is 18.0. The summed E-state index contributed by atoms with van der Waals surface area (Å²) < 4.78 is 0. The van der Waals surface area contributed by atoms with Gasteiger partial charge >= 0.3 is 0 Å². The van der Waals surface area contributed by atoms with Crippen molar-refractivity contribution in [1.82, 2.24) is 16.0 Å². The fourth-order valence-electron chi connectivity index (χ4n) is 3.78. The van der Waals surface area contributed by atoms with Crippen LogP contribution in [0.4, 0.5) is 0 Å². The Balaban J connectivity index is 2.99. The van der Waals surface area contributed by atoms with E-state index < -0.39 is 41.4 Å². The standard InChI is InChI=1S/C20H37N5O5/c1-12(26)23-14(9-10-21)18(28)24-15(11-13-7-5-4-6-8-13)19(29)25-16(17(22)27)20(2,3)30/h13-16,30H,4-11,21H2,1-3H3,(H2,22,27)(H,23,26)(H,24,28)(H,25,29). The van der Waals surface area contributed by atoms with Crippen LogP contribution in [0.25, 0.3) is 0 Å². The minimum absolute atomic E-state index is 0.181. The third-order valence-electron chi connectivity index (χ3n) is 5.35. The number of nitrogens with two attached hydrogens (primary N) is 2. The van der Waals surface area contributed by atoms with Crippen LogP contribution in [0.3, 0.4) is 0 Å². The van der Waals surface area contributed by atoms with Crippen LogP contribution in [0.2, 0.25) is 0 Å². The van der Waals surface area contributed by atoms with E-state index in [1.165, 1.54) is 20.8 Å². The second-order valence-electron chi connectivity index (χ2n) is 8.63. The van der Waals surface area contributed by atoms with Gasteiger partial charge in [0.25, 0.3) is 0 Å². The van der Waals surface area contributed by atoms with E-state index in [0.29, 0.717) is 6.42 Å². The molecule has 0 radical (unpaired) electrons. The van der Waals surface area contributed by atoms with E-state index in [1.54, 1.807) is 0 Å². The summed E-state index contributed by atoms with van der Waals surface area (Å²) in [6.07, 6.45) is 5.76. The summed E-state index contributed by atoms with van der Waals surface area (Å²) in [4.78, 5) is 48.8. The van der Waals surface area contributed by atoms with Crippen molar-refractivity contribution in [1.29, 1.82) is 0 Å². The van der Waals surface area contributed by atoms with Gasteiger partial charge in [-0.2, -0.15) is 0 Å². The van der Waals surface area contributed by atoms with Crippen LogP contribution in [-0.4, -0.2) is 59.0 Å². The van der Waals surface area contributed by atoms with Crippen LogP contribution in [0.15, 0.2) is 0 Å². The van der Waals surface area contributed by atoms with Gasteiger partial charge in [0.1, 0.15) is 18.1 Å². The van der Waals surface area contributed by atoms with Crippen molar-refractivity contribution in [2.24, 2.45) is 17.4 Å². The Bertz CT molecular complexity index is 613. The molecule has 0 aliphatic heterocycles. The van der Waals surface area contributed by atoms with Crippen LogP contribution >= 0.6 is 0 Å². The number of carbonyl (C=O) groups is 4. The predicted octanol–water partition coefficient (Wildman–Crippen LogP) is -0.964. The lowest BCUT2D eigenvalue weighted by Gasteiger charge is -2.31. The summed E-state index contributed by atoms with van der Waals surface area (Å²) in [5.74, 6) is -2.14. The van der Waals surface area contributed by atoms with Crippen molar-refractivity contribution in [3.8, 4) is 0 Å². The molecule has 0 aromatic heterocycles. The maximum absolute atomic E-state index is 13.0. The van der Waals surface area contributed by atoms with E-state index >= 15 is 0 Å². The highest BCUT2D eigenvalue weighted by Crippen LogP contribution is 2.27. The molecule has 3 atom stereocenters. The summed E-state index contributed by atoms with van der Waals surface area (Å²) in [5, 5.41) is 17.9. The second kappa shape index (κ2) is 11.8. The molecule has 0 bridgehead atoms. The molecule has 1 aliphatic carbocycles. The Kier molecular flexibility index (Phi) is 10.2. The molecular formula is C20H37N5O5. The van der Waals surface area contributed by atoms with Crippen molar-refractivity contribution < 1.29 is 24.3 Å². The zero-order valence-electron chi connectivity index (χ0n) is 18.2. The summed E-state index contributed by atoms with van der Waals surface area (Å²) >= 11 is 0. The molecule has 172 valence electrons. The topological polar surface area (TPSA) is 177 Å². The number of rotatable bonds is 11. The summed E-state index contributed by atoms with van der Waals surface area (Å²) in [5.41, 5.74) is 9.31. The fourth-order valence-corrected chi connectivity index (χ4v) is 3.78. The molecule has 30 heavy (non-hydrogen) atoms. The third kappa shape index (κ3) is 8.66. The van der Waals surface area contributed by atoms with Gasteiger partial charge in [-0.15, -0.1) is 0 Å². The van der Waals surface area contributed by atoms with E-state index in [1.807, 2.05) is 0 Å². The summed E-state index contributed by atoms with van der Waals surface area (Å²) in [7, 11) is 0. The predicted molar refractivity (Wildman–Crippen MR) is 112 cm³/mol. The van der Waals surface area contributed by atoms with Gasteiger partial charge in [-0.1, -0.05) is 32.1 Å². The van der Waals surface area contributed by atoms with Gasteiger partial charge in [-0.25, -0.2) is 0 Å². The Morgan fingerprint density at radius 1 is 1.00 bits per heavy atom. The Morgan fingerprint density at radius 3 is 2.03 bits per heavy atom. The molecule has 0 heterocycles. The van der Waals surface area contributed by atoms with Crippen molar-refractivity contribution in [2.45, 2.75) is 89.4 Å². The van der Waals surface area contributed by atoms with Crippen molar-refractivity contribution in [3.05, 3.63) is 0 Å². The first-order valence-electron chi connectivity index (χ1n) is 10.5. The summed E-state index contributed by atoms with van der Waals surface area (Å²) in [6.45, 7) is 4.21. The lowest BCUT2D eigenvalue weighted by molar-refractivity contribution is -0.136. The average molecular weight is 428 g/mol. The highest BCUT2D eigenvalue weighted by molar-refractivity contribution is 5.94. The van der Waals surface area contributed by atoms with E-state index in [-0.39, 0.29) is 24.8 Å². The molecule has 0 aromatic carbocycles. The van der Waals surface area contributed by atoms with Crippen molar-refractivity contribution >= 4 is 23.6 Å². The van der Waals surface area contributed by atoms with Gasteiger partial charge in [0.15, 0.2) is 0 Å². The minimum Gasteiger partial charge on any atom is -0.388 e. The first kappa shape index (κ1) is 25.8. The number of carbonyl (C=O) groups excluding carboxylic acids is 4. The van der Waals surface area contributed by atoms with Crippen LogP contribution in [-0.2, 0) is 19.2 Å². The maximum atomic E-state index is 13.0. The van der Waals surface area contributed by atoms with Gasteiger partial charge in [-0.05, 0) is 39.2 Å². The van der Waals surface area contributed by atoms with Gasteiger partial charge in [-0.3, -0.25) is 19.2 Å². The van der Waals surface area contributed by atoms with Crippen LogP contribution in [0, 0.1) is 5.92 Å². The second-order valence-corrected chi connectivity index (χ2v) is 8.63. The lowest BCUT2D eigenvalue weighted by Crippen LogP contribution is -2.61. The molecular weight excluding hydrogens is 390 g/mol. The fraction of sp³-hybridized carbons (Fsp3) is 0.800. The molecule has 10 nitrogen and oxygen atoms in total. The monoisotopic (exact) mass is 427 g/mol. The molecule has 1 saturated carbocycles. The number of hydrogen-bond donors (Lipinski definition) is 6. The third-order valence-corrected chi connectivity index (χ3v) is 5.35. The first-order valence-corrected chi connectivity index (χ1v) is 10.5. The van der Waals surface area contributed by atoms with Crippen LogP contribution in [0.1, 0.15) is 65.7 Å². The quantitative estimate of drug-likeness (QED) is 0.247. The van der Waals surface area contributed by atoms with E-state index in [4.69, 9.17) is 11.5 Å². The molecule has 0 aromatic rings. The lowest BCUT2D eigenvalue weighted by atomic mass is 9.84. The average Bonchev–Trinajstić information content (AvgIpc) is 2.64. The van der Waals surface area contributed by atoms with Gasteiger partial charge in [0.2, 0.25) is 23.6 Å². The highest BCUT2D eigenvalue weighted by atomic mass is 16.3. The SMILES string of the molecule is CC(=O)NC(CCN)C(=O)NC(CC1CCCCC1)C(=O)NC(C(N)=O)C(C)(C)O. The molecule has 1 rings (SSSR count). The molecule has 4 amide bonds. The maximum Gasteiger partial charge on any atom is 0.243 e. The van der Waals surface area contributed by atoms with Crippen LogP contribution in [0.5, 0.6) is 0 Å². The first-order chi connectivity index (χ1) is 14.0. The molecule has 10 heteroatoms. The Morgan fingerprint density at radius 2 is 1.57 bits per heavy atom. The number of primary amides is 1. The molecule has 1 aliphatic rings. The van der Waals surface area contributed by atoms with Crippen molar-refractivity contribution in [2.75, 3.05) is 6.54 Å². The molecule has 1 fully saturated rings. The Labute approximate surface area is 177 Å². The molecule has 3 unspecified atom stereocenters. The number of hydrogen-bond acceptors (Lipinski definition) is 6. The largest absolute Gasteiger partial charge is 0.388 e. The van der Waals surface area contributed by atoms with Crippen LogP contribution < -0.4 is 27.4 Å². The van der Waals surface area contributed by atoms with Crippen molar-refractivity contribution in [3.63, 3.8) is 0 Å². The molecule has 0 spiro atoms. The van der Waals surface area contributed by atoms with E-state index in [9.17, 15) is 24.3 Å².